The summed E-state index contributed by atoms with van der Waals surface area (Å²) in [5.74, 6) is -0.658. The molecule has 1 aromatic carbocycles. The first-order valence-corrected chi connectivity index (χ1v) is 5.31. The number of aliphatic carboxylic acids is 1. The molecule has 0 aromatic heterocycles. The van der Waals surface area contributed by atoms with E-state index in [1.165, 1.54) is 0 Å². The molecule has 0 unspecified atom stereocenters. The highest BCUT2D eigenvalue weighted by molar-refractivity contribution is 5.75. The van der Waals surface area contributed by atoms with E-state index in [-0.39, 0.29) is 11.8 Å². The monoisotopic (exact) mass is 242 g/mol. The van der Waals surface area contributed by atoms with Crippen molar-refractivity contribution in [3.63, 3.8) is 0 Å². The summed E-state index contributed by atoms with van der Waals surface area (Å²) in [6.45, 7) is -0.624. The van der Waals surface area contributed by atoms with Gasteiger partial charge in [0.1, 0.15) is 12.4 Å². The van der Waals surface area contributed by atoms with E-state index in [0.29, 0.717) is 12.2 Å². The largest absolute Gasteiger partial charge is 0.488 e. The number of carboxylic acid groups (broad SMARTS) is 1. The van der Waals surface area contributed by atoms with Gasteiger partial charge >= 0.3 is 5.97 Å². The molecular weight excluding hydrogens is 230 g/mol. The van der Waals surface area contributed by atoms with Crippen molar-refractivity contribution in [2.75, 3.05) is 6.61 Å². The molecule has 1 fully saturated rings. The Morgan fingerprint density at radius 2 is 2.06 bits per heavy atom. The molecule has 0 saturated heterocycles. The Labute approximate surface area is 97.0 Å². The summed E-state index contributed by atoms with van der Waals surface area (Å²) in [6, 6.07) is 6.65. The van der Waals surface area contributed by atoms with Crippen LogP contribution in [-0.4, -0.2) is 24.1 Å². The minimum Gasteiger partial charge on any atom is -0.488 e. The molecule has 0 bridgehead atoms. The molecule has 1 N–H and O–H groups in total. The highest BCUT2D eigenvalue weighted by Gasteiger charge is 2.43. The second-order valence-corrected chi connectivity index (χ2v) is 4.06. The number of halogens is 2. The van der Waals surface area contributed by atoms with Gasteiger partial charge in [-0.15, -0.1) is 0 Å². The molecule has 0 heterocycles. The Morgan fingerprint density at radius 3 is 2.53 bits per heavy atom. The molecule has 0 amide bonds. The van der Waals surface area contributed by atoms with Gasteiger partial charge in [0.05, 0.1) is 5.92 Å². The Hall–Kier alpha value is -1.65. The lowest BCUT2D eigenvalue weighted by Gasteiger charge is -2.06. The van der Waals surface area contributed by atoms with Crippen molar-refractivity contribution in [2.24, 2.45) is 5.92 Å². The highest BCUT2D eigenvalue weighted by atomic mass is 19.3. The second-order valence-electron chi connectivity index (χ2n) is 4.06. The molecule has 0 aliphatic heterocycles. The molecule has 3 nitrogen and oxygen atoms in total. The third-order valence-electron chi connectivity index (χ3n) is 2.79. The van der Waals surface area contributed by atoms with Gasteiger partial charge in [-0.2, -0.15) is 0 Å². The van der Waals surface area contributed by atoms with Gasteiger partial charge in [0.25, 0.3) is 6.43 Å². The van der Waals surface area contributed by atoms with Crippen LogP contribution in [0.5, 0.6) is 5.75 Å². The van der Waals surface area contributed by atoms with Gasteiger partial charge in [0.15, 0.2) is 0 Å². The molecule has 2 atom stereocenters. The topological polar surface area (TPSA) is 46.5 Å². The number of alkyl halides is 2. The lowest BCUT2D eigenvalue weighted by atomic mass is 10.1. The van der Waals surface area contributed by atoms with Crippen LogP contribution in [0, 0.1) is 5.92 Å². The lowest BCUT2D eigenvalue weighted by Crippen LogP contribution is -2.06. The molecule has 5 heteroatoms. The smallest absolute Gasteiger partial charge is 0.307 e. The maximum Gasteiger partial charge on any atom is 0.307 e. The van der Waals surface area contributed by atoms with E-state index < -0.39 is 19.0 Å². The molecule has 1 saturated carbocycles. The first-order valence-electron chi connectivity index (χ1n) is 5.31. The number of carbonyl (C=O) groups is 1. The van der Waals surface area contributed by atoms with Crippen LogP contribution in [0.15, 0.2) is 24.3 Å². The Bertz CT molecular complexity index is 403. The number of rotatable bonds is 5. The van der Waals surface area contributed by atoms with Gasteiger partial charge in [0.2, 0.25) is 0 Å². The summed E-state index contributed by atoms with van der Waals surface area (Å²) in [5, 5.41) is 8.78. The molecule has 1 aromatic rings. The van der Waals surface area contributed by atoms with E-state index in [1.54, 1.807) is 24.3 Å². The SMILES string of the molecule is O=C(O)[C@H]1C[C@@H]1c1ccc(OCC(F)F)cc1. The van der Waals surface area contributed by atoms with Crippen molar-refractivity contribution in [3.05, 3.63) is 29.8 Å². The van der Waals surface area contributed by atoms with Gasteiger partial charge in [-0.05, 0) is 30.0 Å². The van der Waals surface area contributed by atoms with Gasteiger partial charge in [-0.1, -0.05) is 12.1 Å². The average Bonchev–Trinajstić information content (AvgIpc) is 3.07. The average molecular weight is 242 g/mol. The van der Waals surface area contributed by atoms with Crippen molar-refractivity contribution >= 4 is 5.97 Å². The number of ether oxygens (including phenoxy) is 1. The van der Waals surface area contributed by atoms with Crippen LogP contribution >= 0.6 is 0 Å². The van der Waals surface area contributed by atoms with Crippen molar-refractivity contribution in [1.29, 1.82) is 0 Å². The summed E-state index contributed by atoms with van der Waals surface area (Å²) < 4.78 is 28.6. The van der Waals surface area contributed by atoms with Crippen molar-refractivity contribution < 1.29 is 23.4 Å². The summed E-state index contributed by atoms with van der Waals surface area (Å²) in [6.07, 6.45) is -1.85. The Kier molecular flexibility index (Phi) is 3.26. The molecule has 2 rings (SSSR count). The van der Waals surface area contributed by atoms with Crippen molar-refractivity contribution in [2.45, 2.75) is 18.8 Å². The van der Waals surface area contributed by atoms with Gasteiger partial charge in [0, 0.05) is 0 Å². The van der Waals surface area contributed by atoms with Crippen molar-refractivity contribution in [3.8, 4) is 5.75 Å². The third-order valence-corrected chi connectivity index (χ3v) is 2.79. The van der Waals surface area contributed by atoms with Crippen LogP contribution in [0.25, 0.3) is 0 Å². The predicted molar refractivity (Wildman–Crippen MR) is 56.4 cm³/mol. The van der Waals surface area contributed by atoms with E-state index in [2.05, 4.69) is 0 Å². The molecule has 1 aliphatic rings. The predicted octanol–water partition coefficient (Wildman–Crippen LogP) is 2.52. The van der Waals surface area contributed by atoms with E-state index in [4.69, 9.17) is 9.84 Å². The molecule has 0 spiro atoms. The zero-order chi connectivity index (χ0) is 12.4. The van der Waals surface area contributed by atoms with Crippen LogP contribution < -0.4 is 4.74 Å². The first-order chi connectivity index (χ1) is 8.08. The van der Waals surface area contributed by atoms with E-state index in [0.717, 1.165) is 5.56 Å². The fourth-order valence-corrected chi connectivity index (χ4v) is 1.81. The quantitative estimate of drug-likeness (QED) is 0.863. The van der Waals surface area contributed by atoms with Crippen LogP contribution in [0.3, 0.4) is 0 Å². The maximum absolute atomic E-state index is 11.9. The highest BCUT2D eigenvalue weighted by Crippen LogP contribution is 2.47. The minimum absolute atomic E-state index is 0.0525. The van der Waals surface area contributed by atoms with Crippen molar-refractivity contribution in [1.82, 2.24) is 0 Å². The first kappa shape index (κ1) is 11.8. The van der Waals surface area contributed by atoms with E-state index in [1.807, 2.05) is 0 Å². The standard InChI is InChI=1S/C12H12F2O3/c13-11(14)6-17-8-3-1-7(2-4-8)9-5-10(9)12(15)16/h1-4,9-11H,5-6H2,(H,15,16)/t9-,10+/m1/s1. The summed E-state index contributed by atoms with van der Waals surface area (Å²) in [5.41, 5.74) is 0.918. The number of carboxylic acids is 1. The summed E-state index contributed by atoms with van der Waals surface area (Å²) in [4.78, 5) is 10.7. The molecular formula is C12H12F2O3. The van der Waals surface area contributed by atoms with E-state index in [9.17, 15) is 13.6 Å². The third kappa shape index (κ3) is 2.93. The zero-order valence-corrected chi connectivity index (χ0v) is 8.98. The molecule has 1 aliphatic carbocycles. The fourth-order valence-electron chi connectivity index (χ4n) is 1.81. The van der Waals surface area contributed by atoms with Crippen LogP contribution in [-0.2, 0) is 4.79 Å². The van der Waals surface area contributed by atoms with E-state index >= 15 is 0 Å². The molecule has 17 heavy (non-hydrogen) atoms. The molecule has 0 radical (unpaired) electrons. The van der Waals surface area contributed by atoms with Gasteiger partial charge in [-0.3, -0.25) is 4.79 Å². The van der Waals surface area contributed by atoms with Gasteiger partial charge in [-0.25, -0.2) is 8.78 Å². The van der Waals surface area contributed by atoms with Gasteiger partial charge < -0.3 is 9.84 Å². The summed E-state index contributed by atoms with van der Waals surface area (Å²) in [7, 11) is 0. The Morgan fingerprint density at radius 1 is 1.41 bits per heavy atom. The van der Waals surface area contributed by atoms with Crippen LogP contribution in [0.4, 0.5) is 8.78 Å². The number of benzene rings is 1. The normalized spacial score (nSPS) is 22.5. The second kappa shape index (κ2) is 4.69. The fraction of sp³-hybridized carbons (Fsp3) is 0.417. The Balaban J connectivity index is 1.93. The lowest BCUT2D eigenvalue weighted by molar-refractivity contribution is -0.138. The molecule has 92 valence electrons. The van der Waals surface area contributed by atoms with Crippen LogP contribution in [0.1, 0.15) is 17.9 Å². The number of hydrogen-bond donors (Lipinski definition) is 1. The minimum atomic E-state index is -2.49. The van der Waals surface area contributed by atoms with Crippen LogP contribution in [0.2, 0.25) is 0 Å². The maximum atomic E-state index is 11.9. The summed E-state index contributed by atoms with van der Waals surface area (Å²) >= 11 is 0. The zero-order valence-electron chi connectivity index (χ0n) is 8.98. The number of hydrogen-bond acceptors (Lipinski definition) is 2.